The number of ether oxygens (including phenoxy) is 2. The molecule has 0 aliphatic heterocycles. The fraction of sp³-hybridized carbons (Fsp3) is 0.455. The molecule has 20 heavy (non-hydrogen) atoms. The van der Waals surface area contributed by atoms with Gasteiger partial charge in [0, 0.05) is 11.1 Å². The minimum atomic E-state index is -4.95. The van der Waals surface area contributed by atoms with E-state index in [0.29, 0.717) is 0 Å². The zero-order chi connectivity index (χ0) is 15.3. The van der Waals surface area contributed by atoms with Crippen LogP contribution >= 0.6 is 11.6 Å². The van der Waals surface area contributed by atoms with Gasteiger partial charge in [-0.25, -0.2) is 4.98 Å². The third-order valence-corrected chi connectivity index (χ3v) is 2.48. The molecule has 0 aromatic carbocycles. The summed E-state index contributed by atoms with van der Waals surface area (Å²) < 4.78 is 45.0. The normalized spacial score (nSPS) is 11.2. The maximum Gasteiger partial charge on any atom is 0.574 e. The molecule has 1 rings (SSSR count). The number of pyridine rings is 1. The lowest BCUT2D eigenvalue weighted by atomic mass is 10.1. The predicted molar refractivity (Wildman–Crippen MR) is 62.5 cm³/mol. The molecule has 1 heterocycles. The van der Waals surface area contributed by atoms with E-state index in [-0.39, 0.29) is 17.7 Å². The van der Waals surface area contributed by atoms with Crippen molar-refractivity contribution in [2.45, 2.75) is 25.6 Å². The van der Waals surface area contributed by atoms with E-state index >= 15 is 0 Å². The number of hydrogen-bond acceptors (Lipinski definition) is 5. The largest absolute Gasteiger partial charge is 0.574 e. The SMILES string of the molecule is CCOC(=O)Cc1c(O)cnc(OC(F)(F)F)c1CCl. The standard InChI is InChI=1S/C11H11ClF3NO4/c1-2-19-9(18)3-6-7(4-12)10(16-5-8(6)17)20-11(13,14)15/h5,17H,2-4H2,1H3. The topological polar surface area (TPSA) is 68.7 Å². The summed E-state index contributed by atoms with van der Waals surface area (Å²) in [7, 11) is 0. The molecule has 1 N–H and O–H groups in total. The van der Waals surface area contributed by atoms with Gasteiger partial charge in [0.2, 0.25) is 5.88 Å². The summed E-state index contributed by atoms with van der Waals surface area (Å²) in [5.41, 5.74) is -0.315. The first-order chi connectivity index (χ1) is 9.28. The number of halogens is 4. The van der Waals surface area contributed by atoms with Crippen molar-refractivity contribution in [3.63, 3.8) is 0 Å². The van der Waals surface area contributed by atoms with Crippen LogP contribution in [0.4, 0.5) is 13.2 Å². The van der Waals surface area contributed by atoms with Crippen LogP contribution in [0, 0.1) is 0 Å². The first-order valence-electron chi connectivity index (χ1n) is 5.45. The van der Waals surface area contributed by atoms with E-state index in [1.807, 2.05) is 0 Å². The molecule has 1 aromatic heterocycles. The van der Waals surface area contributed by atoms with Crippen LogP contribution in [0.15, 0.2) is 6.20 Å². The highest BCUT2D eigenvalue weighted by atomic mass is 35.5. The van der Waals surface area contributed by atoms with Crippen LogP contribution < -0.4 is 4.74 Å². The van der Waals surface area contributed by atoms with E-state index in [4.69, 9.17) is 11.6 Å². The smallest absolute Gasteiger partial charge is 0.506 e. The molecule has 0 fully saturated rings. The molecule has 0 unspecified atom stereocenters. The maximum absolute atomic E-state index is 12.2. The van der Waals surface area contributed by atoms with Gasteiger partial charge < -0.3 is 14.6 Å². The van der Waals surface area contributed by atoms with E-state index in [0.717, 1.165) is 6.20 Å². The van der Waals surface area contributed by atoms with Gasteiger partial charge in [-0.05, 0) is 6.92 Å². The maximum atomic E-state index is 12.2. The van der Waals surface area contributed by atoms with Crippen LogP contribution in [0.1, 0.15) is 18.1 Å². The van der Waals surface area contributed by atoms with Crippen molar-refractivity contribution in [2.75, 3.05) is 6.61 Å². The third-order valence-electron chi connectivity index (χ3n) is 2.21. The Morgan fingerprint density at radius 3 is 2.60 bits per heavy atom. The van der Waals surface area contributed by atoms with Gasteiger partial charge in [-0.15, -0.1) is 24.8 Å². The highest BCUT2D eigenvalue weighted by Crippen LogP contribution is 2.32. The molecule has 0 amide bonds. The number of carbonyl (C=O) groups is 1. The Balaban J connectivity index is 3.14. The van der Waals surface area contributed by atoms with E-state index < -0.39 is 36.3 Å². The number of rotatable bonds is 5. The molecular formula is C11H11ClF3NO4. The van der Waals surface area contributed by atoms with Crippen molar-refractivity contribution in [2.24, 2.45) is 0 Å². The average Bonchev–Trinajstić information content (AvgIpc) is 2.32. The molecule has 5 nitrogen and oxygen atoms in total. The summed E-state index contributed by atoms with van der Waals surface area (Å²) in [6, 6.07) is 0. The van der Waals surface area contributed by atoms with Crippen molar-refractivity contribution in [1.82, 2.24) is 4.98 Å². The molecule has 0 bridgehead atoms. The van der Waals surface area contributed by atoms with E-state index in [9.17, 15) is 23.1 Å². The summed E-state index contributed by atoms with van der Waals surface area (Å²) in [6.07, 6.45) is -4.63. The average molecular weight is 314 g/mol. The number of esters is 1. The number of aromatic hydroxyl groups is 1. The van der Waals surface area contributed by atoms with Gasteiger partial charge in [0.1, 0.15) is 5.75 Å². The molecule has 112 valence electrons. The lowest BCUT2D eigenvalue weighted by molar-refractivity contribution is -0.276. The molecule has 0 aliphatic carbocycles. The lowest BCUT2D eigenvalue weighted by Gasteiger charge is -2.15. The molecular weight excluding hydrogens is 303 g/mol. The van der Waals surface area contributed by atoms with Gasteiger partial charge in [-0.3, -0.25) is 4.79 Å². The Bertz CT molecular complexity index is 493. The number of aromatic nitrogens is 1. The van der Waals surface area contributed by atoms with Gasteiger partial charge in [0.15, 0.2) is 0 Å². The molecule has 1 aromatic rings. The van der Waals surface area contributed by atoms with Crippen LogP contribution in [0.5, 0.6) is 11.6 Å². The van der Waals surface area contributed by atoms with Crippen molar-refractivity contribution >= 4 is 17.6 Å². The minimum Gasteiger partial charge on any atom is -0.506 e. The highest BCUT2D eigenvalue weighted by Gasteiger charge is 2.34. The molecule has 0 spiro atoms. The number of carbonyl (C=O) groups excluding carboxylic acids is 1. The summed E-state index contributed by atoms with van der Waals surface area (Å²) in [5.74, 6) is -2.38. The van der Waals surface area contributed by atoms with Crippen LogP contribution in [0.2, 0.25) is 0 Å². The Morgan fingerprint density at radius 2 is 2.10 bits per heavy atom. The zero-order valence-corrected chi connectivity index (χ0v) is 11.1. The Morgan fingerprint density at radius 1 is 1.45 bits per heavy atom. The number of nitrogens with zero attached hydrogens (tertiary/aromatic N) is 1. The van der Waals surface area contributed by atoms with Gasteiger partial charge >= 0.3 is 12.3 Å². The Kier molecular flexibility index (Phi) is 5.43. The molecule has 0 radical (unpaired) electrons. The first kappa shape index (κ1) is 16.4. The van der Waals surface area contributed by atoms with Crippen molar-refractivity contribution in [3.05, 3.63) is 17.3 Å². The van der Waals surface area contributed by atoms with Gasteiger partial charge in [-0.2, -0.15) is 0 Å². The van der Waals surface area contributed by atoms with E-state index in [1.54, 1.807) is 6.92 Å². The highest BCUT2D eigenvalue weighted by molar-refractivity contribution is 6.17. The Labute approximate surface area is 117 Å². The second-order valence-corrected chi connectivity index (χ2v) is 3.84. The fourth-order valence-corrected chi connectivity index (χ4v) is 1.72. The second-order valence-electron chi connectivity index (χ2n) is 3.57. The Hall–Kier alpha value is -1.70. The van der Waals surface area contributed by atoms with E-state index in [2.05, 4.69) is 14.5 Å². The second kappa shape index (κ2) is 6.65. The molecule has 0 aliphatic rings. The van der Waals surface area contributed by atoms with Gasteiger partial charge in [-0.1, -0.05) is 0 Å². The molecule has 0 saturated heterocycles. The minimum absolute atomic E-state index is 0.104. The quantitative estimate of drug-likeness (QED) is 0.668. The number of hydrogen-bond donors (Lipinski definition) is 1. The van der Waals surface area contributed by atoms with Crippen LogP contribution in [0.3, 0.4) is 0 Å². The molecule has 9 heteroatoms. The summed E-state index contributed by atoms with van der Waals surface area (Å²) in [6.45, 7) is 1.68. The monoisotopic (exact) mass is 313 g/mol. The fourth-order valence-electron chi connectivity index (χ4n) is 1.45. The predicted octanol–water partition coefficient (Wildman–Crippen LogP) is 2.53. The zero-order valence-electron chi connectivity index (χ0n) is 10.3. The molecule has 0 saturated carbocycles. The van der Waals surface area contributed by atoms with Crippen LogP contribution in [0.25, 0.3) is 0 Å². The first-order valence-corrected chi connectivity index (χ1v) is 5.99. The lowest BCUT2D eigenvalue weighted by Crippen LogP contribution is -2.20. The number of alkyl halides is 4. The molecule has 0 atom stereocenters. The third kappa shape index (κ3) is 4.44. The van der Waals surface area contributed by atoms with Gasteiger partial charge in [0.05, 0.1) is 25.1 Å². The summed E-state index contributed by atoms with van der Waals surface area (Å²) >= 11 is 5.55. The summed E-state index contributed by atoms with van der Waals surface area (Å²) in [5, 5.41) is 9.60. The van der Waals surface area contributed by atoms with Crippen molar-refractivity contribution < 1.29 is 32.5 Å². The van der Waals surface area contributed by atoms with Crippen molar-refractivity contribution in [1.29, 1.82) is 0 Å². The van der Waals surface area contributed by atoms with E-state index in [1.165, 1.54) is 0 Å². The summed E-state index contributed by atoms with van der Waals surface area (Å²) in [4.78, 5) is 14.7. The van der Waals surface area contributed by atoms with Crippen LogP contribution in [-0.2, 0) is 21.8 Å². The van der Waals surface area contributed by atoms with Gasteiger partial charge in [0.25, 0.3) is 0 Å². The van der Waals surface area contributed by atoms with Crippen molar-refractivity contribution in [3.8, 4) is 11.6 Å². The van der Waals surface area contributed by atoms with Crippen LogP contribution in [-0.4, -0.2) is 29.0 Å².